The molecule has 12 heteroatoms. The quantitative estimate of drug-likeness (QED) is 0.0942. The molecule has 0 aliphatic carbocycles. The second-order valence-corrected chi connectivity index (χ2v) is 16.5. The largest absolute Gasteiger partial charge is 0.355 e. The topological polar surface area (TPSA) is 88.7 Å². The van der Waals surface area contributed by atoms with Crippen molar-refractivity contribution in [3.8, 4) is 0 Å². The number of amides is 2. The first kappa shape index (κ1) is 42.3. The fraction of sp³-hybridized carbons (Fsp3) is 0.350. The number of hydrogen-bond acceptors (Lipinski definition) is 6. The average Bonchev–Trinajstić information content (AvgIpc) is 3.64. The maximum Gasteiger partial charge on any atom is 0.253 e. The van der Waals surface area contributed by atoms with E-state index < -0.39 is 0 Å². The number of carbonyl (C=O) groups is 2. The summed E-state index contributed by atoms with van der Waals surface area (Å²) in [4.78, 5) is 30.1. The molecule has 2 amide bonds. The molecular formula is C40H48BrClI2N6O2. The van der Waals surface area contributed by atoms with Gasteiger partial charge in [-0.3, -0.25) is 9.59 Å². The summed E-state index contributed by atoms with van der Waals surface area (Å²) >= 11 is 14.2. The Labute approximate surface area is 349 Å². The van der Waals surface area contributed by atoms with Crippen molar-refractivity contribution >= 4 is 107 Å². The summed E-state index contributed by atoms with van der Waals surface area (Å²) < 4.78 is 3.26. The van der Waals surface area contributed by atoms with Gasteiger partial charge in [0.1, 0.15) is 0 Å². The van der Waals surface area contributed by atoms with Crippen LogP contribution in [-0.2, 0) is 0 Å². The zero-order valence-corrected chi connectivity index (χ0v) is 36.9. The zero-order valence-electron chi connectivity index (χ0n) is 30.2. The number of halogens is 4. The highest BCUT2D eigenvalue weighted by molar-refractivity contribution is 14.1. The highest BCUT2D eigenvalue weighted by atomic mass is 127. The van der Waals surface area contributed by atoms with Gasteiger partial charge in [-0.2, -0.15) is 0 Å². The third-order valence-corrected chi connectivity index (χ3v) is 11.0. The molecule has 52 heavy (non-hydrogen) atoms. The zero-order chi connectivity index (χ0) is 37.6. The number of benzene rings is 4. The van der Waals surface area contributed by atoms with E-state index >= 15 is 0 Å². The Morgan fingerprint density at radius 3 is 1.77 bits per heavy atom. The molecule has 1 heterocycles. The molecule has 0 aromatic heterocycles. The van der Waals surface area contributed by atoms with Crippen LogP contribution in [0.15, 0.2) is 77.3 Å². The van der Waals surface area contributed by atoms with Crippen LogP contribution in [-0.4, -0.2) is 74.0 Å². The first-order chi connectivity index (χ1) is 25.0. The van der Waals surface area contributed by atoms with E-state index in [2.05, 4.69) is 138 Å². The minimum atomic E-state index is -0.0997. The van der Waals surface area contributed by atoms with E-state index in [1.807, 2.05) is 42.5 Å². The summed E-state index contributed by atoms with van der Waals surface area (Å²) in [6.07, 6.45) is 2.51. The Morgan fingerprint density at radius 1 is 0.731 bits per heavy atom. The predicted molar refractivity (Wildman–Crippen MR) is 238 cm³/mol. The second kappa shape index (κ2) is 21.5. The minimum absolute atomic E-state index is 0.0656. The van der Waals surface area contributed by atoms with Gasteiger partial charge in [0, 0.05) is 54.2 Å². The summed E-state index contributed by atoms with van der Waals surface area (Å²) in [7, 11) is 0. The average molecular weight is 1010 g/mol. The molecule has 0 bridgehead atoms. The molecule has 1 aliphatic heterocycles. The molecule has 8 nitrogen and oxygen atoms in total. The van der Waals surface area contributed by atoms with Crippen LogP contribution in [0.4, 0.5) is 22.7 Å². The van der Waals surface area contributed by atoms with Crippen molar-refractivity contribution in [1.82, 2.24) is 20.4 Å². The van der Waals surface area contributed by atoms with Gasteiger partial charge in [-0.25, -0.2) is 0 Å². The lowest BCUT2D eigenvalue weighted by Gasteiger charge is -2.19. The maximum atomic E-state index is 12.7. The van der Waals surface area contributed by atoms with Gasteiger partial charge in [0.05, 0.1) is 22.5 Å². The van der Waals surface area contributed by atoms with Gasteiger partial charge in [0.2, 0.25) is 0 Å². The van der Waals surface area contributed by atoms with E-state index in [1.165, 1.54) is 20.0 Å². The Morgan fingerprint density at radius 2 is 1.23 bits per heavy atom. The molecule has 0 unspecified atom stereocenters. The van der Waals surface area contributed by atoms with Gasteiger partial charge < -0.3 is 31.1 Å². The maximum absolute atomic E-state index is 12.7. The predicted octanol–water partition coefficient (Wildman–Crippen LogP) is 10.00. The number of carbonyl (C=O) groups excluding carboxylic acids is 2. The fourth-order valence-electron chi connectivity index (χ4n) is 5.84. The molecule has 1 fully saturated rings. The molecule has 1 aliphatic rings. The van der Waals surface area contributed by atoms with Crippen LogP contribution in [0, 0.1) is 21.0 Å². The highest BCUT2D eigenvalue weighted by Gasteiger charge is 2.16. The summed E-state index contributed by atoms with van der Waals surface area (Å²) in [6, 6.07) is 23.5. The van der Waals surface area contributed by atoms with Crippen LogP contribution < -0.4 is 21.3 Å². The monoisotopic (exact) mass is 1010 g/mol. The number of anilines is 4. The van der Waals surface area contributed by atoms with Crippen molar-refractivity contribution in [2.45, 2.75) is 40.5 Å². The lowest BCUT2D eigenvalue weighted by molar-refractivity contribution is 0.0942. The van der Waals surface area contributed by atoms with Crippen molar-refractivity contribution in [1.29, 1.82) is 0 Å². The molecule has 1 saturated heterocycles. The SMILES string of the molecule is CCN(CC)CCNC(=O)c1cc(Br)ccc1Nc1ccc(I)cc1C.Cc1cc(I)ccc1Nc1ccc(Cl)cc1C(=O)NCCN1CCCC1. The van der Waals surface area contributed by atoms with E-state index in [0.29, 0.717) is 29.2 Å². The molecule has 0 atom stereocenters. The Hall–Kier alpha value is -2.43. The molecule has 278 valence electrons. The second-order valence-electron chi connectivity index (χ2n) is 12.6. The first-order valence-electron chi connectivity index (χ1n) is 17.6. The van der Waals surface area contributed by atoms with Crippen molar-refractivity contribution in [2.75, 3.05) is 63.0 Å². The third kappa shape index (κ3) is 13.2. The van der Waals surface area contributed by atoms with Gasteiger partial charge in [-0.1, -0.05) is 41.4 Å². The summed E-state index contributed by atoms with van der Waals surface area (Å²) in [5.41, 5.74) is 7.03. The summed E-state index contributed by atoms with van der Waals surface area (Å²) in [5.74, 6) is -0.165. The lowest BCUT2D eigenvalue weighted by Crippen LogP contribution is -2.35. The molecule has 5 rings (SSSR count). The van der Waals surface area contributed by atoms with Gasteiger partial charge in [0.25, 0.3) is 11.8 Å². The lowest BCUT2D eigenvalue weighted by atomic mass is 10.1. The van der Waals surface area contributed by atoms with E-state index in [9.17, 15) is 9.59 Å². The van der Waals surface area contributed by atoms with Crippen molar-refractivity contribution in [3.63, 3.8) is 0 Å². The Bertz CT molecular complexity index is 1700. The van der Waals surface area contributed by atoms with E-state index in [-0.39, 0.29) is 11.8 Å². The van der Waals surface area contributed by atoms with Gasteiger partial charge in [-0.15, -0.1) is 0 Å². The van der Waals surface area contributed by atoms with Crippen LogP contribution in [0.25, 0.3) is 0 Å². The highest BCUT2D eigenvalue weighted by Crippen LogP contribution is 2.29. The first-order valence-corrected chi connectivity index (χ1v) is 21.0. The van der Waals surface area contributed by atoms with Gasteiger partial charge in [-0.05, 0) is 182 Å². The van der Waals surface area contributed by atoms with Crippen LogP contribution in [0.1, 0.15) is 58.5 Å². The van der Waals surface area contributed by atoms with Crippen molar-refractivity contribution in [3.05, 3.63) is 112 Å². The summed E-state index contributed by atoms with van der Waals surface area (Å²) in [5, 5.41) is 13.4. The number of nitrogens with one attached hydrogen (secondary N) is 4. The molecule has 4 aromatic carbocycles. The van der Waals surface area contributed by atoms with Crippen LogP contribution in [0.3, 0.4) is 0 Å². The third-order valence-electron chi connectivity index (χ3n) is 8.89. The molecule has 0 radical (unpaired) electrons. The molecular weight excluding hydrogens is 966 g/mol. The van der Waals surface area contributed by atoms with Crippen LogP contribution in [0.5, 0.6) is 0 Å². The van der Waals surface area contributed by atoms with E-state index in [1.54, 1.807) is 12.1 Å². The molecule has 4 N–H and O–H groups in total. The van der Waals surface area contributed by atoms with Crippen molar-refractivity contribution < 1.29 is 9.59 Å². The van der Waals surface area contributed by atoms with Gasteiger partial charge >= 0.3 is 0 Å². The Balaban J connectivity index is 0.000000233. The van der Waals surface area contributed by atoms with Gasteiger partial charge in [0.15, 0.2) is 0 Å². The minimum Gasteiger partial charge on any atom is -0.355 e. The number of aryl methyl sites for hydroxylation is 2. The van der Waals surface area contributed by atoms with Crippen molar-refractivity contribution in [2.24, 2.45) is 0 Å². The fourth-order valence-corrected chi connectivity index (χ4v) is 7.67. The molecule has 0 spiro atoms. The van der Waals surface area contributed by atoms with E-state index in [4.69, 9.17) is 11.6 Å². The Kier molecular flexibility index (Phi) is 17.5. The number of likely N-dealkylation sites (tertiary alicyclic amines) is 1. The number of hydrogen-bond donors (Lipinski definition) is 4. The molecule has 0 saturated carbocycles. The number of nitrogens with zero attached hydrogens (tertiary/aromatic N) is 2. The standard InChI is InChI=1S/C20H25BrIN3O.C20H23ClIN3O/c1-4-25(5-2)11-10-23-20(26)17-13-15(21)6-8-19(17)24-18-9-7-16(22)12-14(18)3;1-14-12-16(22)5-7-18(14)24-19-6-4-15(21)13-17(19)20(26)23-8-11-25-9-2-3-10-25/h6-9,12-13,24H,4-5,10-11H2,1-3H3,(H,23,26);4-7,12-13,24H,2-3,8-11H2,1H3,(H,23,26). The number of rotatable bonds is 14. The van der Waals surface area contributed by atoms with Crippen LogP contribution >= 0.6 is 72.7 Å². The normalized spacial score (nSPS) is 12.6. The smallest absolute Gasteiger partial charge is 0.253 e. The van der Waals surface area contributed by atoms with Crippen LogP contribution in [0.2, 0.25) is 5.02 Å². The van der Waals surface area contributed by atoms with E-state index in [0.717, 1.165) is 77.6 Å². The molecule has 4 aromatic rings. The summed E-state index contributed by atoms with van der Waals surface area (Å²) in [6.45, 7) is 15.6. The number of likely N-dealkylation sites (N-methyl/N-ethyl adjacent to an activating group) is 1.